The summed E-state index contributed by atoms with van der Waals surface area (Å²) in [5, 5.41) is 0. The van der Waals surface area contributed by atoms with E-state index >= 15 is 0 Å². The molecule has 0 bridgehead atoms. The van der Waals surface area contributed by atoms with Crippen molar-refractivity contribution in [2.75, 3.05) is 0 Å². The van der Waals surface area contributed by atoms with E-state index < -0.39 is 0 Å². The average molecular weight is 206 g/mol. The minimum atomic E-state index is 0.396. The molecule has 0 unspecified atom stereocenters. The Hall–Kier alpha value is -0.330. The van der Waals surface area contributed by atoms with Crippen molar-refractivity contribution in [2.24, 2.45) is 22.2 Å². The summed E-state index contributed by atoms with van der Waals surface area (Å²) in [6.07, 6.45) is 7.28. The van der Waals surface area contributed by atoms with Crippen molar-refractivity contribution in [2.45, 2.75) is 59.3 Å². The van der Waals surface area contributed by atoms with E-state index in [0.717, 1.165) is 12.8 Å². The summed E-state index contributed by atoms with van der Waals surface area (Å²) < 4.78 is 0. The van der Waals surface area contributed by atoms with Gasteiger partial charge in [0.25, 0.3) is 0 Å². The molecule has 1 spiro atoms. The van der Waals surface area contributed by atoms with E-state index in [1.54, 1.807) is 0 Å². The lowest BCUT2D eigenvalue weighted by Crippen LogP contribution is -2.48. The Morgan fingerprint density at radius 1 is 1.13 bits per heavy atom. The van der Waals surface area contributed by atoms with E-state index in [2.05, 4.69) is 20.8 Å². The minimum absolute atomic E-state index is 0.396. The van der Waals surface area contributed by atoms with Gasteiger partial charge < -0.3 is 0 Å². The van der Waals surface area contributed by atoms with Crippen LogP contribution in [0.25, 0.3) is 0 Å². The number of carbonyl (C=O) groups excluding carboxylic acids is 1. The maximum atomic E-state index is 11.9. The molecule has 3 fully saturated rings. The molecule has 0 saturated heterocycles. The van der Waals surface area contributed by atoms with Crippen LogP contribution in [-0.4, -0.2) is 5.78 Å². The topological polar surface area (TPSA) is 17.1 Å². The third-order valence-corrected chi connectivity index (χ3v) is 6.09. The van der Waals surface area contributed by atoms with Crippen LogP contribution in [-0.2, 0) is 4.79 Å². The van der Waals surface area contributed by atoms with Gasteiger partial charge in [-0.05, 0) is 41.9 Å². The van der Waals surface area contributed by atoms with E-state index in [-0.39, 0.29) is 0 Å². The highest BCUT2D eigenvalue weighted by atomic mass is 16.1. The van der Waals surface area contributed by atoms with Gasteiger partial charge in [-0.3, -0.25) is 4.79 Å². The van der Waals surface area contributed by atoms with Crippen molar-refractivity contribution in [3.8, 4) is 0 Å². The Bertz CT molecular complexity index is 330. The third kappa shape index (κ3) is 0.933. The molecule has 1 nitrogen and oxygen atoms in total. The summed E-state index contributed by atoms with van der Waals surface area (Å²) in [5.74, 6) is 1.01. The van der Waals surface area contributed by atoms with Gasteiger partial charge in [0.15, 0.2) is 0 Å². The van der Waals surface area contributed by atoms with Gasteiger partial charge in [-0.15, -0.1) is 0 Å². The normalized spacial score (nSPS) is 51.9. The molecule has 3 atom stereocenters. The molecule has 84 valence electrons. The van der Waals surface area contributed by atoms with Gasteiger partial charge in [0.2, 0.25) is 0 Å². The van der Waals surface area contributed by atoms with Gasteiger partial charge in [-0.1, -0.05) is 27.2 Å². The first-order valence-electron chi connectivity index (χ1n) is 6.46. The zero-order chi connectivity index (χ0) is 10.9. The molecule has 0 heterocycles. The SMILES string of the molecule is CC1(C)CCC[C@]2(C)CCC(=O)[C@H]3C[C@@]312. The van der Waals surface area contributed by atoms with Crippen molar-refractivity contribution in [1.29, 1.82) is 0 Å². The molecule has 15 heavy (non-hydrogen) atoms. The van der Waals surface area contributed by atoms with Gasteiger partial charge in [-0.25, -0.2) is 0 Å². The lowest BCUT2D eigenvalue weighted by molar-refractivity contribution is -0.132. The van der Waals surface area contributed by atoms with Crippen LogP contribution in [0.1, 0.15) is 59.3 Å². The van der Waals surface area contributed by atoms with Crippen LogP contribution in [0.15, 0.2) is 0 Å². The fourth-order valence-electron chi connectivity index (χ4n) is 5.17. The highest BCUT2D eigenvalue weighted by Gasteiger charge is 2.74. The Balaban J connectivity index is 2.06. The number of carbonyl (C=O) groups is 1. The molecule has 0 aromatic heterocycles. The molecule has 0 aromatic carbocycles. The Morgan fingerprint density at radius 3 is 2.60 bits per heavy atom. The van der Waals surface area contributed by atoms with Gasteiger partial charge >= 0.3 is 0 Å². The van der Waals surface area contributed by atoms with E-state index in [0.29, 0.717) is 27.9 Å². The van der Waals surface area contributed by atoms with Gasteiger partial charge in [0.1, 0.15) is 5.78 Å². The van der Waals surface area contributed by atoms with Crippen molar-refractivity contribution >= 4 is 5.78 Å². The van der Waals surface area contributed by atoms with Gasteiger partial charge in [0, 0.05) is 12.3 Å². The van der Waals surface area contributed by atoms with Gasteiger partial charge in [0.05, 0.1) is 0 Å². The molecule has 3 saturated carbocycles. The van der Waals surface area contributed by atoms with Crippen molar-refractivity contribution in [3.63, 3.8) is 0 Å². The van der Waals surface area contributed by atoms with E-state index in [4.69, 9.17) is 0 Å². The third-order valence-electron chi connectivity index (χ3n) is 6.09. The summed E-state index contributed by atoms with van der Waals surface area (Å²) in [5.41, 5.74) is 1.28. The van der Waals surface area contributed by atoms with Crippen molar-refractivity contribution < 1.29 is 4.79 Å². The van der Waals surface area contributed by atoms with Crippen molar-refractivity contribution in [1.82, 2.24) is 0 Å². The number of rotatable bonds is 0. The molecular weight excluding hydrogens is 184 g/mol. The summed E-state index contributed by atoms with van der Waals surface area (Å²) in [6, 6.07) is 0. The monoisotopic (exact) mass is 206 g/mol. The van der Waals surface area contributed by atoms with E-state index in [1.165, 1.54) is 25.7 Å². The minimum Gasteiger partial charge on any atom is -0.299 e. The molecule has 3 rings (SSSR count). The van der Waals surface area contributed by atoms with Crippen LogP contribution in [0.2, 0.25) is 0 Å². The lowest BCUT2D eigenvalue weighted by Gasteiger charge is -2.54. The molecule has 0 aliphatic heterocycles. The zero-order valence-electron chi connectivity index (χ0n) is 10.2. The second kappa shape index (κ2) is 2.49. The zero-order valence-corrected chi connectivity index (χ0v) is 10.2. The summed E-state index contributed by atoms with van der Waals surface area (Å²) in [6.45, 7) is 7.27. The first kappa shape index (κ1) is 9.86. The van der Waals surface area contributed by atoms with E-state index in [9.17, 15) is 4.79 Å². The largest absolute Gasteiger partial charge is 0.299 e. The molecule has 0 radical (unpaired) electrons. The molecule has 3 aliphatic carbocycles. The van der Waals surface area contributed by atoms with Crippen LogP contribution in [0.3, 0.4) is 0 Å². The molecular formula is C14H22O. The maximum Gasteiger partial charge on any atom is 0.136 e. The van der Waals surface area contributed by atoms with Crippen LogP contribution in [0.5, 0.6) is 0 Å². The van der Waals surface area contributed by atoms with Crippen molar-refractivity contribution in [3.05, 3.63) is 0 Å². The maximum absolute atomic E-state index is 11.9. The number of ketones is 1. The van der Waals surface area contributed by atoms with Gasteiger partial charge in [-0.2, -0.15) is 0 Å². The Morgan fingerprint density at radius 2 is 1.87 bits per heavy atom. The second-order valence-electron chi connectivity index (χ2n) is 6.99. The highest BCUT2D eigenvalue weighted by molar-refractivity contribution is 5.86. The summed E-state index contributed by atoms with van der Waals surface area (Å²) in [4.78, 5) is 11.9. The van der Waals surface area contributed by atoms with Crippen LogP contribution in [0, 0.1) is 22.2 Å². The number of hydrogen-bond acceptors (Lipinski definition) is 1. The summed E-state index contributed by atoms with van der Waals surface area (Å²) >= 11 is 0. The number of hydrogen-bond donors (Lipinski definition) is 0. The Kier molecular flexibility index (Phi) is 1.64. The first-order chi connectivity index (χ1) is 6.93. The van der Waals surface area contributed by atoms with E-state index in [1.807, 2.05) is 0 Å². The molecule has 0 aromatic rings. The number of Topliss-reactive ketones (excluding diaryl/α,β-unsaturated/α-hetero) is 1. The lowest BCUT2D eigenvalue weighted by atomic mass is 9.49. The highest BCUT2D eigenvalue weighted by Crippen LogP contribution is 2.79. The fourth-order valence-corrected chi connectivity index (χ4v) is 5.17. The predicted molar refractivity (Wildman–Crippen MR) is 60.5 cm³/mol. The standard InChI is InChI=1S/C14H22O/c1-12(2)6-4-7-13(3)8-5-11(15)10-9-14(10,12)13/h10H,4-9H2,1-3H3/t10-,13-,14-/m1/s1. The fraction of sp³-hybridized carbons (Fsp3) is 0.929. The smallest absolute Gasteiger partial charge is 0.136 e. The van der Waals surface area contributed by atoms with Crippen LogP contribution >= 0.6 is 0 Å². The average Bonchev–Trinajstić information content (AvgIpc) is 2.88. The quantitative estimate of drug-likeness (QED) is 0.592. The summed E-state index contributed by atoms with van der Waals surface area (Å²) in [7, 11) is 0. The molecule has 0 N–H and O–H groups in total. The first-order valence-corrected chi connectivity index (χ1v) is 6.46. The van der Waals surface area contributed by atoms with Crippen LogP contribution < -0.4 is 0 Å². The Labute approximate surface area is 92.6 Å². The second-order valence-corrected chi connectivity index (χ2v) is 6.99. The molecule has 0 amide bonds. The molecule has 3 aliphatic rings. The predicted octanol–water partition coefficient (Wildman–Crippen LogP) is 3.57. The van der Waals surface area contributed by atoms with Crippen LogP contribution in [0.4, 0.5) is 0 Å². The molecule has 1 heteroatoms.